The first kappa shape index (κ1) is 11.0. The molecule has 1 nitrogen and oxygen atoms in total. The standard InChI is InChI=1S/C12H25N/c1-10-8-6-7-9-11(10)13(5)12(2,3)4/h10-11H,6-9H2,1-5H3. The molecule has 1 aliphatic rings. The highest BCUT2D eigenvalue weighted by atomic mass is 15.2. The Hall–Kier alpha value is -0.0400. The third kappa shape index (κ3) is 2.70. The molecule has 0 aromatic carbocycles. The molecule has 1 aliphatic carbocycles. The van der Waals surface area contributed by atoms with Gasteiger partial charge in [-0.3, -0.25) is 4.90 Å². The zero-order chi connectivity index (χ0) is 10.1. The SMILES string of the molecule is CC1CCCCC1N(C)C(C)(C)C. The van der Waals surface area contributed by atoms with Crippen LogP contribution in [-0.4, -0.2) is 23.5 Å². The van der Waals surface area contributed by atoms with E-state index in [2.05, 4.69) is 39.6 Å². The Labute approximate surface area is 83.5 Å². The van der Waals surface area contributed by atoms with Gasteiger partial charge < -0.3 is 0 Å². The minimum absolute atomic E-state index is 0.330. The van der Waals surface area contributed by atoms with Gasteiger partial charge >= 0.3 is 0 Å². The molecule has 78 valence electrons. The summed E-state index contributed by atoms with van der Waals surface area (Å²) in [5.74, 6) is 0.887. The summed E-state index contributed by atoms with van der Waals surface area (Å²) >= 11 is 0. The lowest BCUT2D eigenvalue weighted by Crippen LogP contribution is -2.49. The van der Waals surface area contributed by atoms with Gasteiger partial charge in [-0.05, 0) is 46.6 Å². The first-order valence-electron chi connectivity index (χ1n) is 5.66. The van der Waals surface area contributed by atoms with Crippen molar-refractivity contribution < 1.29 is 0 Å². The van der Waals surface area contributed by atoms with Gasteiger partial charge in [-0.25, -0.2) is 0 Å². The normalized spacial score (nSPS) is 30.9. The van der Waals surface area contributed by atoms with Crippen LogP contribution in [-0.2, 0) is 0 Å². The van der Waals surface area contributed by atoms with E-state index in [0.717, 1.165) is 12.0 Å². The molecular formula is C12H25N. The highest BCUT2D eigenvalue weighted by molar-refractivity contribution is 4.85. The summed E-state index contributed by atoms with van der Waals surface area (Å²) in [6.07, 6.45) is 5.69. The molecule has 1 fully saturated rings. The van der Waals surface area contributed by atoms with Crippen molar-refractivity contribution in [2.45, 2.75) is 65.0 Å². The molecule has 13 heavy (non-hydrogen) atoms. The first-order valence-corrected chi connectivity index (χ1v) is 5.66. The fraction of sp³-hybridized carbons (Fsp3) is 1.00. The Morgan fingerprint density at radius 2 is 1.62 bits per heavy atom. The van der Waals surface area contributed by atoms with E-state index in [-0.39, 0.29) is 0 Å². The van der Waals surface area contributed by atoms with Crippen LogP contribution in [0, 0.1) is 5.92 Å². The molecular weight excluding hydrogens is 158 g/mol. The molecule has 2 atom stereocenters. The van der Waals surface area contributed by atoms with Crippen molar-refractivity contribution in [2.75, 3.05) is 7.05 Å². The number of nitrogens with zero attached hydrogens (tertiary/aromatic N) is 1. The maximum Gasteiger partial charge on any atom is 0.0125 e. The summed E-state index contributed by atoms with van der Waals surface area (Å²) in [7, 11) is 2.28. The van der Waals surface area contributed by atoms with E-state index < -0.39 is 0 Å². The lowest BCUT2D eigenvalue weighted by molar-refractivity contribution is 0.0590. The zero-order valence-electron chi connectivity index (χ0n) is 9.93. The molecule has 0 aliphatic heterocycles. The molecule has 0 spiro atoms. The molecule has 2 unspecified atom stereocenters. The lowest BCUT2D eigenvalue weighted by Gasteiger charge is -2.43. The van der Waals surface area contributed by atoms with Crippen LogP contribution in [0.15, 0.2) is 0 Å². The fourth-order valence-corrected chi connectivity index (χ4v) is 2.37. The monoisotopic (exact) mass is 183 g/mol. The molecule has 0 saturated heterocycles. The topological polar surface area (TPSA) is 3.24 Å². The van der Waals surface area contributed by atoms with Gasteiger partial charge in [0.05, 0.1) is 0 Å². The van der Waals surface area contributed by atoms with Gasteiger partial charge in [-0.15, -0.1) is 0 Å². The van der Waals surface area contributed by atoms with Crippen molar-refractivity contribution in [1.82, 2.24) is 4.90 Å². The van der Waals surface area contributed by atoms with E-state index >= 15 is 0 Å². The second kappa shape index (κ2) is 4.00. The van der Waals surface area contributed by atoms with Gasteiger partial charge in [0.1, 0.15) is 0 Å². The van der Waals surface area contributed by atoms with Gasteiger partial charge in [0.25, 0.3) is 0 Å². The molecule has 0 N–H and O–H groups in total. The summed E-state index contributed by atoms with van der Waals surface area (Å²) in [6.45, 7) is 9.35. The minimum Gasteiger partial charge on any atom is -0.298 e. The van der Waals surface area contributed by atoms with Crippen LogP contribution in [0.2, 0.25) is 0 Å². The smallest absolute Gasteiger partial charge is 0.0125 e. The molecule has 0 aromatic rings. The maximum absolute atomic E-state index is 2.57. The average molecular weight is 183 g/mol. The number of hydrogen-bond donors (Lipinski definition) is 0. The van der Waals surface area contributed by atoms with Crippen LogP contribution in [0.1, 0.15) is 53.4 Å². The van der Waals surface area contributed by atoms with Crippen molar-refractivity contribution in [3.63, 3.8) is 0 Å². The quantitative estimate of drug-likeness (QED) is 0.603. The molecule has 0 radical (unpaired) electrons. The molecule has 0 heterocycles. The van der Waals surface area contributed by atoms with Crippen molar-refractivity contribution in [1.29, 1.82) is 0 Å². The van der Waals surface area contributed by atoms with E-state index in [1.807, 2.05) is 0 Å². The average Bonchev–Trinajstić information content (AvgIpc) is 2.02. The second-order valence-corrected chi connectivity index (χ2v) is 5.61. The van der Waals surface area contributed by atoms with E-state index in [9.17, 15) is 0 Å². The fourth-order valence-electron chi connectivity index (χ4n) is 2.37. The predicted molar refractivity (Wildman–Crippen MR) is 58.9 cm³/mol. The summed E-state index contributed by atoms with van der Waals surface area (Å²) in [5, 5.41) is 0. The third-order valence-corrected chi connectivity index (χ3v) is 3.62. The Kier molecular flexibility index (Phi) is 3.39. The maximum atomic E-state index is 2.57. The summed E-state index contributed by atoms with van der Waals surface area (Å²) in [4.78, 5) is 2.57. The largest absolute Gasteiger partial charge is 0.298 e. The highest BCUT2D eigenvalue weighted by Gasteiger charge is 2.30. The van der Waals surface area contributed by atoms with Crippen LogP contribution in [0.3, 0.4) is 0 Å². The van der Waals surface area contributed by atoms with Crippen molar-refractivity contribution in [3.8, 4) is 0 Å². The Morgan fingerprint density at radius 3 is 2.08 bits per heavy atom. The third-order valence-electron chi connectivity index (χ3n) is 3.62. The predicted octanol–water partition coefficient (Wildman–Crippen LogP) is 3.30. The van der Waals surface area contributed by atoms with Crippen molar-refractivity contribution >= 4 is 0 Å². The second-order valence-electron chi connectivity index (χ2n) is 5.61. The van der Waals surface area contributed by atoms with Gasteiger partial charge in [0.2, 0.25) is 0 Å². The number of hydrogen-bond acceptors (Lipinski definition) is 1. The Bertz CT molecular complexity index is 157. The molecule has 0 amide bonds. The van der Waals surface area contributed by atoms with Crippen LogP contribution >= 0.6 is 0 Å². The van der Waals surface area contributed by atoms with E-state index in [1.54, 1.807) is 0 Å². The minimum atomic E-state index is 0.330. The Balaban J connectivity index is 2.58. The van der Waals surface area contributed by atoms with E-state index in [1.165, 1.54) is 25.7 Å². The molecule has 1 saturated carbocycles. The first-order chi connectivity index (χ1) is 5.93. The number of rotatable bonds is 1. The van der Waals surface area contributed by atoms with Crippen LogP contribution in [0.25, 0.3) is 0 Å². The van der Waals surface area contributed by atoms with E-state index in [0.29, 0.717) is 5.54 Å². The van der Waals surface area contributed by atoms with Gasteiger partial charge in [0, 0.05) is 11.6 Å². The molecule has 1 rings (SSSR count). The van der Waals surface area contributed by atoms with Gasteiger partial charge in [-0.1, -0.05) is 19.8 Å². The Morgan fingerprint density at radius 1 is 1.08 bits per heavy atom. The summed E-state index contributed by atoms with van der Waals surface area (Å²) in [5.41, 5.74) is 0.330. The van der Waals surface area contributed by atoms with Crippen molar-refractivity contribution in [2.24, 2.45) is 5.92 Å². The molecule has 0 aromatic heterocycles. The van der Waals surface area contributed by atoms with Crippen LogP contribution in [0.4, 0.5) is 0 Å². The summed E-state index contributed by atoms with van der Waals surface area (Å²) in [6, 6.07) is 0.814. The highest BCUT2D eigenvalue weighted by Crippen LogP contribution is 2.30. The van der Waals surface area contributed by atoms with Crippen molar-refractivity contribution in [3.05, 3.63) is 0 Å². The molecule has 0 bridgehead atoms. The molecule has 1 heteroatoms. The van der Waals surface area contributed by atoms with Crippen LogP contribution < -0.4 is 0 Å². The summed E-state index contributed by atoms with van der Waals surface area (Å²) < 4.78 is 0. The van der Waals surface area contributed by atoms with Crippen LogP contribution in [0.5, 0.6) is 0 Å². The van der Waals surface area contributed by atoms with Gasteiger partial charge in [0.15, 0.2) is 0 Å². The van der Waals surface area contributed by atoms with Gasteiger partial charge in [-0.2, -0.15) is 0 Å². The van der Waals surface area contributed by atoms with E-state index in [4.69, 9.17) is 0 Å². The lowest BCUT2D eigenvalue weighted by atomic mass is 9.83. The zero-order valence-corrected chi connectivity index (χ0v) is 9.93.